The number of aliphatic hydroxyl groups excluding tert-OH is 1. The number of aryl methyl sites for hydroxylation is 1. The van der Waals surface area contributed by atoms with Crippen LogP contribution in [0.5, 0.6) is 5.75 Å². The first-order chi connectivity index (χ1) is 12.5. The number of rotatable bonds is 6. The van der Waals surface area contributed by atoms with E-state index in [0.717, 1.165) is 10.5 Å². The quantitative estimate of drug-likeness (QED) is 0.810. The van der Waals surface area contributed by atoms with Crippen molar-refractivity contribution in [3.8, 4) is 5.75 Å². The Labute approximate surface area is 152 Å². The number of carbonyl (C=O) groups excluding carboxylic acids is 2. The lowest BCUT2D eigenvalue weighted by Gasteiger charge is -2.21. The van der Waals surface area contributed by atoms with Crippen LogP contribution in [0.3, 0.4) is 0 Å². The van der Waals surface area contributed by atoms with Crippen molar-refractivity contribution in [2.45, 2.75) is 26.0 Å². The van der Waals surface area contributed by atoms with Crippen LogP contribution >= 0.6 is 0 Å². The molecule has 1 fully saturated rings. The maximum Gasteiger partial charge on any atom is 0.332 e. The summed E-state index contributed by atoms with van der Waals surface area (Å²) >= 11 is 0. The minimum absolute atomic E-state index is 0.0000139. The van der Waals surface area contributed by atoms with Crippen molar-refractivity contribution in [3.05, 3.63) is 60.2 Å². The van der Waals surface area contributed by atoms with Crippen LogP contribution in [0.25, 0.3) is 0 Å². The fraction of sp³-hybridized carbons (Fsp3) is 0.300. The summed E-state index contributed by atoms with van der Waals surface area (Å²) in [6, 6.07) is 15.5. The molecule has 6 nitrogen and oxygen atoms in total. The summed E-state index contributed by atoms with van der Waals surface area (Å²) < 4.78 is 5.49. The van der Waals surface area contributed by atoms with Gasteiger partial charge >= 0.3 is 6.03 Å². The highest BCUT2D eigenvalue weighted by Crippen LogP contribution is 2.26. The summed E-state index contributed by atoms with van der Waals surface area (Å²) in [5.41, 5.74) is 1.74. The molecule has 2 aromatic carbocycles. The second kappa shape index (κ2) is 7.58. The van der Waals surface area contributed by atoms with Crippen molar-refractivity contribution in [2.75, 3.05) is 18.1 Å². The molecule has 0 aliphatic carbocycles. The first-order valence-electron chi connectivity index (χ1n) is 8.54. The molecule has 0 bridgehead atoms. The molecular formula is C20H22N2O4. The van der Waals surface area contributed by atoms with Gasteiger partial charge in [-0.1, -0.05) is 35.9 Å². The lowest BCUT2D eigenvalue weighted by Crippen LogP contribution is -2.40. The number of ether oxygens (including phenoxy) is 1. The minimum Gasteiger partial charge on any atom is -0.491 e. The topological polar surface area (TPSA) is 70.1 Å². The highest BCUT2D eigenvalue weighted by molar-refractivity contribution is 6.14. The summed E-state index contributed by atoms with van der Waals surface area (Å²) in [6.45, 7) is 3.55. The highest BCUT2D eigenvalue weighted by atomic mass is 16.5. The van der Waals surface area contributed by atoms with Gasteiger partial charge in [0.15, 0.2) is 0 Å². The van der Waals surface area contributed by atoms with Crippen molar-refractivity contribution in [1.29, 1.82) is 0 Å². The molecule has 1 aliphatic rings. The number of benzene rings is 2. The van der Waals surface area contributed by atoms with Gasteiger partial charge in [-0.25, -0.2) is 4.79 Å². The van der Waals surface area contributed by atoms with Gasteiger partial charge in [0.25, 0.3) is 5.91 Å². The van der Waals surface area contributed by atoms with E-state index in [1.807, 2.05) is 49.4 Å². The zero-order chi connectivity index (χ0) is 18.7. The van der Waals surface area contributed by atoms with Crippen molar-refractivity contribution in [1.82, 2.24) is 4.90 Å². The van der Waals surface area contributed by atoms with Crippen molar-refractivity contribution in [2.24, 2.45) is 0 Å². The summed E-state index contributed by atoms with van der Waals surface area (Å²) in [7, 11) is 0. The largest absolute Gasteiger partial charge is 0.491 e. The number of β-amino-alcohol motifs (C(OH)–C–C–N with tert-alkyl or cyclic N) is 1. The molecule has 6 heteroatoms. The van der Waals surface area contributed by atoms with Gasteiger partial charge < -0.3 is 9.84 Å². The molecule has 1 saturated heterocycles. The number of nitrogens with zero attached hydrogens (tertiary/aromatic N) is 2. The summed E-state index contributed by atoms with van der Waals surface area (Å²) in [5, 5.41) is 10.2. The molecule has 1 N–H and O–H groups in total. The molecule has 2 aromatic rings. The third-order valence-corrected chi connectivity index (χ3v) is 4.34. The molecule has 26 heavy (non-hydrogen) atoms. The molecule has 3 amide bonds. The summed E-state index contributed by atoms with van der Waals surface area (Å²) in [6.07, 6.45) is -0.965. The number of urea groups is 1. The van der Waals surface area contributed by atoms with Crippen molar-refractivity contribution < 1.29 is 19.4 Å². The SMILES string of the molecule is Cc1ccc(N2C(=O)N(CC(O)COc3ccccc3)C(=O)C2C)cc1. The van der Waals surface area contributed by atoms with E-state index in [1.54, 1.807) is 19.1 Å². The number of hydrogen-bond acceptors (Lipinski definition) is 4. The first kappa shape index (κ1) is 17.9. The van der Waals surface area contributed by atoms with Crippen LogP contribution in [0, 0.1) is 6.92 Å². The maximum absolute atomic E-state index is 12.7. The van der Waals surface area contributed by atoms with E-state index in [2.05, 4.69) is 0 Å². The predicted molar refractivity (Wildman–Crippen MR) is 98.2 cm³/mol. The van der Waals surface area contributed by atoms with Crippen molar-refractivity contribution in [3.63, 3.8) is 0 Å². The molecule has 136 valence electrons. The molecule has 0 aromatic heterocycles. The average Bonchev–Trinajstić information content (AvgIpc) is 2.85. The standard InChI is InChI=1S/C20H22N2O4/c1-14-8-10-16(11-9-14)22-15(2)19(24)21(20(22)25)12-17(23)13-26-18-6-4-3-5-7-18/h3-11,15,17,23H,12-13H2,1-2H3. The second-order valence-electron chi connectivity index (χ2n) is 6.39. The Morgan fingerprint density at radius 2 is 1.73 bits per heavy atom. The molecule has 0 spiro atoms. The number of anilines is 1. The zero-order valence-corrected chi connectivity index (χ0v) is 14.8. The van der Waals surface area contributed by atoms with Crippen LogP contribution in [0.4, 0.5) is 10.5 Å². The Morgan fingerprint density at radius 3 is 2.38 bits per heavy atom. The van der Waals surface area contributed by atoms with Crippen molar-refractivity contribution >= 4 is 17.6 Å². The number of imide groups is 1. The molecular weight excluding hydrogens is 332 g/mol. The van der Waals surface area contributed by atoms with Gasteiger partial charge in [-0.05, 0) is 38.1 Å². The maximum atomic E-state index is 12.7. The zero-order valence-electron chi connectivity index (χ0n) is 14.8. The molecule has 0 saturated carbocycles. The highest BCUT2D eigenvalue weighted by Gasteiger charge is 2.43. The van der Waals surface area contributed by atoms with E-state index in [0.29, 0.717) is 11.4 Å². The second-order valence-corrected chi connectivity index (χ2v) is 6.39. The Hall–Kier alpha value is -2.86. The number of para-hydroxylation sites is 1. The van der Waals surface area contributed by atoms with Crippen LogP contribution in [-0.2, 0) is 4.79 Å². The number of amides is 3. The van der Waals surface area contributed by atoms with Crippen LogP contribution in [0.15, 0.2) is 54.6 Å². The van der Waals surface area contributed by atoms with Gasteiger partial charge in [-0.3, -0.25) is 14.6 Å². The molecule has 3 rings (SSSR count). The van der Waals surface area contributed by atoms with Gasteiger partial charge in [0.05, 0.1) is 6.54 Å². The third kappa shape index (κ3) is 3.70. The van der Waals surface area contributed by atoms with Crippen LogP contribution in [-0.4, -0.2) is 47.2 Å². The minimum atomic E-state index is -0.965. The smallest absolute Gasteiger partial charge is 0.332 e. The molecule has 0 radical (unpaired) electrons. The molecule has 2 atom stereocenters. The molecule has 2 unspecified atom stereocenters. The summed E-state index contributed by atoms with van der Waals surface area (Å²) in [4.78, 5) is 27.7. The fourth-order valence-corrected chi connectivity index (χ4v) is 2.91. The summed E-state index contributed by atoms with van der Waals surface area (Å²) in [5.74, 6) is 0.301. The van der Waals surface area contributed by atoms with Gasteiger partial charge in [0, 0.05) is 5.69 Å². The fourth-order valence-electron chi connectivity index (χ4n) is 2.91. The first-order valence-corrected chi connectivity index (χ1v) is 8.54. The Bertz CT molecular complexity index is 776. The Morgan fingerprint density at radius 1 is 1.08 bits per heavy atom. The Balaban J connectivity index is 1.65. The third-order valence-electron chi connectivity index (χ3n) is 4.34. The number of carbonyl (C=O) groups is 2. The van der Waals surface area contributed by atoms with Gasteiger partial charge in [-0.2, -0.15) is 0 Å². The van der Waals surface area contributed by atoms with Gasteiger partial charge in [0.1, 0.15) is 24.5 Å². The van der Waals surface area contributed by atoms with Crippen LogP contribution in [0.2, 0.25) is 0 Å². The Kier molecular flexibility index (Phi) is 5.23. The van der Waals surface area contributed by atoms with E-state index in [-0.39, 0.29) is 19.1 Å². The average molecular weight is 354 g/mol. The predicted octanol–water partition coefficient (Wildman–Crippen LogP) is 2.59. The number of aliphatic hydroxyl groups is 1. The van der Waals surface area contributed by atoms with E-state index >= 15 is 0 Å². The molecule has 1 heterocycles. The van der Waals surface area contributed by atoms with E-state index in [9.17, 15) is 14.7 Å². The monoisotopic (exact) mass is 354 g/mol. The lowest BCUT2D eigenvalue weighted by atomic mass is 10.2. The number of hydrogen-bond donors (Lipinski definition) is 1. The van der Waals surface area contributed by atoms with Crippen LogP contribution < -0.4 is 9.64 Å². The van der Waals surface area contributed by atoms with Gasteiger partial charge in [-0.15, -0.1) is 0 Å². The normalized spacial score (nSPS) is 18.3. The van der Waals surface area contributed by atoms with Crippen LogP contribution in [0.1, 0.15) is 12.5 Å². The van der Waals surface area contributed by atoms with E-state index in [4.69, 9.17) is 4.74 Å². The van der Waals surface area contributed by atoms with E-state index in [1.165, 1.54) is 4.90 Å². The van der Waals surface area contributed by atoms with E-state index < -0.39 is 18.2 Å². The molecule has 1 aliphatic heterocycles. The lowest BCUT2D eigenvalue weighted by molar-refractivity contribution is -0.128. The van der Waals surface area contributed by atoms with Gasteiger partial charge in [0.2, 0.25) is 0 Å².